The zero-order chi connectivity index (χ0) is 16.9. The van der Waals surface area contributed by atoms with Crippen molar-refractivity contribution in [3.63, 3.8) is 0 Å². The second kappa shape index (κ2) is 14.3. The van der Waals surface area contributed by atoms with Gasteiger partial charge in [0.15, 0.2) is 5.96 Å². The van der Waals surface area contributed by atoms with Gasteiger partial charge in [-0.1, -0.05) is 32.3 Å². The van der Waals surface area contributed by atoms with Gasteiger partial charge in [-0.3, -0.25) is 4.99 Å². The van der Waals surface area contributed by atoms with Gasteiger partial charge in [0.05, 0.1) is 0 Å². The van der Waals surface area contributed by atoms with Crippen molar-refractivity contribution in [2.75, 3.05) is 31.6 Å². The molecular formula is C18H34IN5. The summed E-state index contributed by atoms with van der Waals surface area (Å²) >= 11 is 0. The van der Waals surface area contributed by atoms with Crippen molar-refractivity contribution in [2.45, 2.75) is 53.0 Å². The van der Waals surface area contributed by atoms with Gasteiger partial charge in [-0.25, -0.2) is 4.98 Å². The molecule has 1 heterocycles. The average Bonchev–Trinajstić information content (AvgIpc) is 2.59. The third-order valence-corrected chi connectivity index (χ3v) is 3.90. The first kappa shape index (κ1) is 22.9. The van der Waals surface area contributed by atoms with E-state index in [1.165, 1.54) is 25.7 Å². The van der Waals surface area contributed by atoms with E-state index in [2.05, 4.69) is 58.4 Å². The van der Waals surface area contributed by atoms with Gasteiger partial charge in [0.25, 0.3) is 0 Å². The molecular weight excluding hydrogens is 413 g/mol. The molecule has 24 heavy (non-hydrogen) atoms. The predicted molar refractivity (Wildman–Crippen MR) is 116 cm³/mol. The molecule has 0 unspecified atom stereocenters. The second-order valence-corrected chi connectivity index (χ2v) is 5.61. The van der Waals surface area contributed by atoms with Crippen molar-refractivity contribution in [1.29, 1.82) is 0 Å². The summed E-state index contributed by atoms with van der Waals surface area (Å²) in [6.07, 6.45) is 6.98. The molecule has 2 N–H and O–H groups in total. The Morgan fingerprint density at radius 2 is 1.83 bits per heavy atom. The minimum absolute atomic E-state index is 0. The minimum atomic E-state index is 0. The monoisotopic (exact) mass is 447 g/mol. The summed E-state index contributed by atoms with van der Waals surface area (Å²) in [5.41, 5.74) is 1.16. The van der Waals surface area contributed by atoms with Crippen molar-refractivity contribution in [3.8, 4) is 0 Å². The maximum atomic E-state index is 4.55. The lowest BCUT2D eigenvalue weighted by Crippen LogP contribution is -2.37. The Morgan fingerprint density at radius 1 is 1.08 bits per heavy atom. The van der Waals surface area contributed by atoms with E-state index in [0.29, 0.717) is 0 Å². The largest absolute Gasteiger partial charge is 0.357 e. The van der Waals surface area contributed by atoms with Crippen LogP contribution in [0.15, 0.2) is 23.3 Å². The van der Waals surface area contributed by atoms with Crippen LogP contribution in [0.4, 0.5) is 5.82 Å². The van der Waals surface area contributed by atoms with Crippen molar-refractivity contribution in [1.82, 2.24) is 15.6 Å². The lowest BCUT2D eigenvalue weighted by Gasteiger charge is -2.19. The Hall–Kier alpha value is -1.05. The molecule has 138 valence electrons. The standard InChI is InChI=1S/C18H33N5.HI/c1-5-8-9-10-13-20-18(19-4)22-15-16-11-12-17(21-14-16)23(6-2)7-3;/h11-12,14H,5-10,13,15H2,1-4H3,(H2,19,20,22);1H. The summed E-state index contributed by atoms with van der Waals surface area (Å²) in [4.78, 5) is 11.0. The van der Waals surface area contributed by atoms with Crippen LogP contribution in [0.3, 0.4) is 0 Å². The first-order chi connectivity index (χ1) is 11.2. The van der Waals surface area contributed by atoms with E-state index < -0.39 is 0 Å². The fraction of sp³-hybridized carbons (Fsp3) is 0.667. The molecule has 0 aliphatic heterocycles. The quantitative estimate of drug-likeness (QED) is 0.248. The molecule has 0 aliphatic carbocycles. The molecule has 6 heteroatoms. The van der Waals surface area contributed by atoms with Crippen LogP contribution in [-0.4, -0.2) is 37.6 Å². The molecule has 0 atom stereocenters. The Kier molecular flexibility index (Phi) is 13.7. The van der Waals surface area contributed by atoms with Crippen molar-refractivity contribution in [2.24, 2.45) is 4.99 Å². The first-order valence-corrected chi connectivity index (χ1v) is 8.89. The molecule has 1 rings (SSSR count). The Labute approximate surface area is 164 Å². The highest BCUT2D eigenvalue weighted by Gasteiger charge is 2.03. The van der Waals surface area contributed by atoms with Crippen LogP contribution < -0.4 is 15.5 Å². The minimum Gasteiger partial charge on any atom is -0.357 e. The Bertz CT molecular complexity index is 443. The van der Waals surface area contributed by atoms with Gasteiger partial charge in [-0.15, -0.1) is 24.0 Å². The molecule has 1 aromatic rings. The van der Waals surface area contributed by atoms with E-state index in [9.17, 15) is 0 Å². The average molecular weight is 447 g/mol. The van der Waals surface area contributed by atoms with Crippen molar-refractivity contribution < 1.29 is 0 Å². The number of nitrogens with one attached hydrogen (secondary N) is 2. The SMILES string of the molecule is CCCCCCNC(=NC)NCc1ccc(N(CC)CC)nc1.I. The van der Waals surface area contributed by atoms with Crippen LogP contribution >= 0.6 is 24.0 Å². The topological polar surface area (TPSA) is 52.6 Å². The van der Waals surface area contributed by atoms with Crippen LogP contribution in [0.25, 0.3) is 0 Å². The second-order valence-electron chi connectivity index (χ2n) is 5.61. The Balaban J connectivity index is 0.00000529. The molecule has 0 aliphatic rings. The molecule has 0 radical (unpaired) electrons. The van der Waals surface area contributed by atoms with Gasteiger partial charge in [0.1, 0.15) is 5.82 Å². The van der Waals surface area contributed by atoms with E-state index >= 15 is 0 Å². The molecule has 5 nitrogen and oxygen atoms in total. The highest BCUT2D eigenvalue weighted by molar-refractivity contribution is 14.0. The third kappa shape index (κ3) is 8.70. The molecule has 0 saturated carbocycles. The number of guanidine groups is 1. The van der Waals surface area contributed by atoms with E-state index in [-0.39, 0.29) is 24.0 Å². The number of rotatable bonds is 10. The number of aliphatic imine (C=N–C) groups is 1. The molecule has 0 saturated heterocycles. The number of hydrogen-bond acceptors (Lipinski definition) is 3. The number of anilines is 1. The maximum Gasteiger partial charge on any atom is 0.191 e. The molecule has 0 bridgehead atoms. The normalized spacial score (nSPS) is 10.9. The van der Waals surface area contributed by atoms with E-state index in [1.807, 2.05) is 13.2 Å². The third-order valence-electron chi connectivity index (χ3n) is 3.90. The number of halogens is 1. The van der Waals surface area contributed by atoms with E-state index in [1.54, 1.807) is 0 Å². The van der Waals surface area contributed by atoms with Crippen LogP contribution in [0.1, 0.15) is 52.0 Å². The number of hydrogen-bond donors (Lipinski definition) is 2. The van der Waals surface area contributed by atoms with Crippen molar-refractivity contribution >= 4 is 35.8 Å². The summed E-state index contributed by atoms with van der Waals surface area (Å²) in [7, 11) is 1.81. The smallest absolute Gasteiger partial charge is 0.191 e. The predicted octanol–water partition coefficient (Wildman–Crippen LogP) is 3.79. The number of pyridine rings is 1. The van der Waals surface area contributed by atoms with Gasteiger partial charge in [-0.2, -0.15) is 0 Å². The molecule has 1 aromatic heterocycles. The van der Waals surface area contributed by atoms with Gasteiger partial charge >= 0.3 is 0 Å². The van der Waals surface area contributed by atoms with Crippen molar-refractivity contribution in [3.05, 3.63) is 23.9 Å². The number of nitrogens with zero attached hydrogens (tertiary/aromatic N) is 3. The fourth-order valence-corrected chi connectivity index (χ4v) is 2.42. The summed E-state index contributed by atoms with van der Waals surface area (Å²) < 4.78 is 0. The molecule has 0 fully saturated rings. The summed E-state index contributed by atoms with van der Waals surface area (Å²) in [5.74, 6) is 1.89. The highest BCUT2D eigenvalue weighted by atomic mass is 127. The maximum absolute atomic E-state index is 4.55. The zero-order valence-electron chi connectivity index (χ0n) is 15.6. The Morgan fingerprint density at radius 3 is 2.38 bits per heavy atom. The fourth-order valence-electron chi connectivity index (χ4n) is 2.42. The van der Waals surface area contributed by atoms with Gasteiger partial charge in [0.2, 0.25) is 0 Å². The van der Waals surface area contributed by atoms with Gasteiger partial charge < -0.3 is 15.5 Å². The van der Waals surface area contributed by atoms with Crippen LogP contribution in [0.5, 0.6) is 0 Å². The summed E-state index contributed by atoms with van der Waals surface area (Å²) in [6.45, 7) is 10.2. The number of aromatic nitrogens is 1. The van der Waals surface area contributed by atoms with E-state index in [4.69, 9.17) is 0 Å². The van der Waals surface area contributed by atoms with Crippen LogP contribution in [0, 0.1) is 0 Å². The van der Waals surface area contributed by atoms with Crippen LogP contribution in [-0.2, 0) is 6.54 Å². The van der Waals surface area contributed by atoms with Gasteiger partial charge in [-0.05, 0) is 31.9 Å². The van der Waals surface area contributed by atoms with Crippen LogP contribution in [0.2, 0.25) is 0 Å². The summed E-state index contributed by atoms with van der Waals surface area (Å²) in [6, 6.07) is 4.22. The summed E-state index contributed by atoms with van der Waals surface area (Å²) in [5, 5.41) is 6.70. The molecule has 0 aromatic carbocycles. The molecule has 0 amide bonds. The van der Waals surface area contributed by atoms with Gasteiger partial charge in [0, 0.05) is 39.4 Å². The zero-order valence-corrected chi connectivity index (χ0v) is 18.0. The molecule has 0 spiro atoms. The lowest BCUT2D eigenvalue weighted by atomic mass is 10.2. The lowest BCUT2D eigenvalue weighted by molar-refractivity contribution is 0.647. The highest BCUT2D eigenvalue weighted by Crippen LogP contribution is 2.10. The number of unbranched alkanes of at least 4 members (excludes halogenated alkanes) is 3. The van der Waals surface area contributed by atoms with E-state index in [0.717, 1.165) is 43.5 Å². The first-order valence-electron chi connectivity index (χ1n) is 8.89.